The van der Waals surface area contributed by atoms with E-state index in [1.807, 2.05) is 0 Å². The minimum atomic E-state index is 1.07. The molecule has 0 aromatic heterocycles. The van der Waals surface area contributed by atoms with Crippen molar-refractivity contribution >= 4 is 63.7 Å². The normalized spacial score (nSPS) is 11.0. The van der Waals surface area contributed by atoms with Crippen molar-refractivity contribution in [2.75, 3.05) is 0 Å². The van der Waals surface area contributed by atoms with E-state index in [1.54, 1.807) is 0 Å². The molecule has 0 saturated heterocycles. The summed E-state index contributed by atoms with van der Waals surface area (Å²) in [6.07, 6.45) is 0. The van der Waals surface area contributed by atoms with Crippen molar-refractivity contribution in [3.63, 3.8) is 0 Å². The maximum atomic E-state index is 3.61. The van der Waals surface area contributed by atoms with E-state index in [4.69, 9.17) is 0 Å². The zero-order chi connectivity index (χ0) is 27.6. The molecule has 0 unspecified atom stereocenters. The average molecular weight is 774 g/mol. The minimum absolute atomic E-state index is 1.07. The Morgan fingerprint density at radius 1 is 0.225 bits per heavy atom. The highest BCUT2D eigenvalue weighted by atomic mass is 79.9. The van der Waals surface area contributed by atoms with E-state index in [0.29, 0.717) is 0 Å². The summed E-state index contributed by atoms with van der Waals surface area (Å²) in [5.74, 6) is 0. The highest BCUT2D eigenvalue weighted by Gasteiger charge is 2.16. The predicted octanol–water partition coefficient (Wildman–Crippen LogP) is 13.1. The van der Waals surface area contributed by atoms with Gasteiger partial charge >= 0.3 is 0 Å². The van der Waals surface area contributed by atoms with Gasteiger partial charge in [0.15, 0.2) is 0 Å². The van der Waals surface area contributed by atoms with Gasteiger partial charge in [-0.3, -0.25) is 0 Å². The Morgan fingerprint density at radius 2 is 0.475 bits per heavy atom. The summed E-state index contributed by atoms with van der Waals surface area (Å²) in [7, 11) is 0. The third kappa shape index (κ3) is 5.96. The smallest absolute Gasteiger partial charge is 0.0175 e. The largest absolute Gasteiger partial charge is 0.0537 e. The lowest BCUT2D eigenvalue weighted by Gasteiger charge is -2.18. The fourth-order valence-corrected chi connectivity index (χ4v) is 6.00. The van der Waals surface area contributed by atoms with Gasteiger partial charge in [0.25, 0.3) is 0 Å². The van der Waals surface area contributed by atoms with Gasteiger partial charge in [-0.05, 0) is 116 Å². The van der Waals surface area contributed by atoms with Crippen LogP contribution in [0.2, 0.25) is 0 Å². The van der Waals surface area contributed by atoms with E-state index in [9.17, 15) is 0 Å². The van der Waals surface area contributed by atoms with E-state index < -0.39 is 0 Å². The van der Waals surface area contributed by atoms with Crippen molar-refractivity contribution in [2.45, 2.75) is 0 Å². The van der Waals surface area contributed by atoms with Crippen LogP contribution in [0.1, 0.15) is 0 Å². The van der Waals surface area contributed by atoms with Crippen LogP contribution in [0.4, 0.5) is 0 Å². The first-order valence-electron chi connectivity index (χ1n) is 12.8. The second-order valence-electron chi connectivity index (χ2n) is 9.55. The van der Waals surface area contributed by atoms with Crippen molar-refractivity contribution in [1.29, 1.82) is 0 Å². The van der Waals surface area contributed by atoms with Crippen molar-refractivity contribution in [1.82, 2.24) is 0 Å². The van der Waals surface area contributed by atoms with Crippen molar-refractivity contribution in [3.8, 4) is 55.6 Å². The Labute approximate surface area is 268 Å². The van der Waals surface area contributed by atoms with Gasteiger partial charge in [-0.25, -0.2) is 0 Å². The highest BCUT2D eigenvalue weighted by Crippen LogP contribution is 2.42. The Morgan fingerprint density at radius 3 is 0.775 bits per heavy atom. The molecule has 0 radical (unpaired) electrons. The molecule has 6 aromatic rings. The van der Waals surface area contributed by atoms with Gasteiger partial charge in [0.05, 0.1) is 0 Å². The van der Waals surface area contributed by atoms with Crippen LogP contribution in [-0.2, 0) is 0 Å². The standard InChI is InChI=1S/C36H22Br4/c37-29-11-1-23(2-12-29)27-9-19-33(25-5-15-31(39)16-6-25)35(21-27)36-22-28(24-3-13-30(38)14-4-24)10-20-34(36)26-7-17-32(40)18-8-26/h1-22H. The molecule has 0 aliphatic rings. The molecule has 0 atom stereocenters. The molecule has 0 bridgehead atoms. The van der Waals surface area contributed by atoms with Gasteiger partial charge in [0.2, 0.25) is 0 Å². The van der Waals surface area contributed by atoms with Crippen LogP contribution in [0.3, 0.4) is 0 Å². The van der Waals surface area contributed by atoms with Gasteiger partial charge in [-0.2, -0.15) is 0 Å². The van der Waals surface area contributed by atoms with E-state index in [-0.39, 0.29) is 0 Å². The molecule has 0 aliphatic carbocycles. The quantitative estimate of drug-likeness (QED) is 0.164. The van der Waals surface area contributed by atoms with Gasteiger partial charge in [0, 0.05) is 17.9 Å². The lowest BCUT2D eigenvalue weighted by Crippen LogP contribution is -1.92. The molecule has 0 heterocycles. The van der Waals surface area contributed by atoms with Crippen LogP contribution in [0.25, 0.3) is 55.6 Å². The van der Waals surface area contributed by atoms with E-state index in [0.717, 1.165) is 17.9 Å². The number of halogens is 4. The average Bonchev–Trinajstić information content (AvgIpc) is 2.98. The molecule has 40 heavy (non-hydrogen) atoms. The molecular formula is C36H22Br4. The highest BCUT2D eigenvalue weighted by molar-refractivity contribution is 9.11. The van der Waals surface area contributed by atoms with Crippen LogP contribution in [0.5, 0.6) is 0 Å². The Bertz CT molecular complexity index is 1650. The van der Waals surface area contributed by atoms with Crippen molar-refractivity contribution < 1.29 is 0 Å². The van der Waals surface area contributed by atoms with Crippen LogP contribution in [0.15, 0.2) is 151 Å². The number of rotatable bonds is 5. The fourth-order valence-electron chi connectivity index (χ4n) is 4.94. The number of hydrogen-bond acceptors (Lipinski definition) is 0. The summed E-state index contributed by atoms with van der Waals surface area (Å²) in [5.41, 5.74) is 11.9. The molecule has 0 fully saturated rings. The first-order chi connectivity index (χ1) is 19.4. The number of benzene rings is 6. The molecular weight excluding hydrogens is 752 g/mol. The predicted molar refractivity (Wildman–Crippen MR) is 184 cm³/mol. The molecule has 0 aliphatic heterocycles. The molecule has 194 valence electrons. The van der Waals surface area contributed by atoms with Crippen LogP contribution in [0, 0.1) is 0 Å². The monoisotopic (exact) mass is 770 g/mol. The zero-order valence-corrected chi connectivity index (χ0v) is 27.6. The lowest BCUT2D eigenvalue weighted by molar-refractivity contribution is 1.53. The summed E-state index contributed by atoms with van der Waals surface area (Å²) in [5, 5.41) is 0. The van der Waals surface area contributed by atoms with Gasteiger partial charge in [-0.15, -0.1) is 0 Å². The van der Waals surface area contributed by atoms with E-state index in [2.05, 4.69) is 197 Å². The first kappa shape index (κ1) is 27.4. The molecule has 4 heteroatoms. The first-order valence-corrected chi connectivity index (χ1v) is 15.9. The molecule has 0 N–H and O–H groups in total. The van der Waals surface area contributed by atoms with E-state index >= 15 is 0 Å². The second kappa shape index (κ2) is 12.0. The summed E-state index contributed by atoms with van der Waals surface area (Å²) in [6.45, 7) is 0. The molecule has 6 rings (SSSR count). The van der Waals surface area contributed by atoms with Crippen LogP contribution < -0.4 is 0 Å². The Balaban J connectivity index is 1.63. The topological polar surface area (TPSA) is 0 Å². The molecule has 0 amide bonds. The molecule has 0 saturated carbocycles. The van der Waals surface area contributed by atoms with Crippen LogP contribution >= 0.6 is 63.7 Å². The summed E-state index contributed by atoms with van der Waals surface area (Å²) in [6, 6.07) is 47.8. The lowest BCUT2D eigenvalue weighted by atomic mass is 9.86. The SMILES string of the molecule is Brc1ccc(-c2ccc(-c3ccc(Br)cc3)c(-c3cc(-c4ccc(Br)cc4)ccc3-c3ccc(Br)cc3)c2)cc1. The third-order valence-corrected chi connectivity index (χ3v) is 9.11. The molecule has 6 aromatic carbocycles. The minimum Gasteiger partial charge on any atom is -0.0537 e. The zero-order valence-electron chi connectivity index (χ0n) is 21.2. The van der Waals surface area contributed by atoms with Crippen molar-refractivity contribution in [3.05, 3.63) is 151 Å². The summed E-state index contributed by atoms with van der Waals surface area (Å²) < 4.78 is 4.28. The Kier molecular flexibility index (Phi) is 8.22. The maximum Gasteiger partial charge on any atom is 0.0175 e. The Hall–Kier alpha value is -2.76. The fraction of sp³-hybridized carbons (Fsp3) is 0. The van der Waals surface area contributed by atoms with E-state index in [1.165, 1.54) is 55.6 Å². The number of hydrogen-bond donors (Lipinski definition) is 0. The summed E-state index contributed by atoms with van der Waals surface area (Å²) >= 11 is 14.4. The van der Waals surface area contributed by atoms with Gasteiger partial charge in [-0.1, -0.05) is 137 Å². The summed E-state index contributed by atoms with van der Waals surface area (Å²) in [4.78, 5) is 0. The maximum absolute atomic E-state index is 3.61. The van der Waals surface area contributed by atoms with Crippen molar-refractivity contribution in [2.24, 2.45) is 0 Å². The van der Waals surface area contributed by atoms with Crippen LogP contribution in [-0.4, -0.2) is 0 Å². The third-order valence-electron chi connectivity index (χ3n) is 6.99. The second-order valence-corrected chi connectivity index (χ2v) is 13.2. The van der Waals surface area contributed by atoms with Gasteiger partial charge in [0.1, 0.15) is 0 Å². The molecule has 0 spiro atoms. The van der Waals surface area contributed by atoms with Gasteiger partial charge < -0.3 is 0 Å². The molecule has 0 nitrogen and oxygen atoms in total.